The lowest BCUT2D eigenvalue weighted by Gasteiger charge is -2.17. The molecule has 0 unspecified atom stereocenters. The third-order valence-electron chi connectivity index (χ3n) is 3.02. The van der Waals surface area contributed by atoms with Gasteiger partial charge in [0.05, 0.1) is 0 Å². The molecule has 0 aliphatic heterocycles. The molecule has 4 heteroatoms. The van der Waals surface area contributed by atoms with Crippen molar-refractivity contribution in [2.45, 2.75) is 13.5 Å². The van der Waals surface area contributed by atoms with Crippen LogP contribution in [0.4, 0.5) is 8.78 Å². The van der Waals surface area contributed by atoms with Crippen molar-refractivity contribution in [2.75, 3.05) is 7.05 Å². The van der Waals surface area contributed by atoms with Crippen LogP contribution in [0.15, 0.2) is 42.5 Å². The minimum Gasteiger partial charge on any atom is -0.337 e. The van der Waals surface area contributed by atoms with E-state index in [9.17, 15) is 13.6 Å². The SMILES string of the molecule is Cc1cccc(C(=O)N(C)Cc2ccc(F)c(F)c2)c1. The molecule has 104 valence electrons. The van der Waals surface area contributed by atoms with Gasteiger partial charge in [-0.2, -0.15) is 0 Å². The number of hydrogen-bond donors (Lipinski definition) is 0. The molecule has 2 aromatic carbocycles. The highest BCUT2D eigenvalue weighted by molar-refractivity contribution is 5.94. The molecule has 0 N–H and O–H groups in total. The molecule has 2 rings (SSSR count). The van der Waals surface area contributed by atoms with Gasteiger partial charge < -0.3 is 4.90 Å². The normalized spacial score (nSPS) is 10.4. The molecule has 0 spiro atoms. The Morgan fingerprint density at radius 1 is 1.10 bits per heavy atom. The summed E-state index contributed by atoms with van der Waals surface area (Å²) in [5.74, 6) is -1.95. The van der Waals surface area contributed by atoms with Crippen LogP contribution in [0.25, 0.3) is 0 Å². The minimum atomic E-state index is -0.904. The molecule has 20 heavy (non-hydrogen) atoms. The van der Waals surface area contributed by atoms with E-state index in [1.165, 1.54) is 11.0 Å². The first-order chi connectivity index (χ1) is 9.47. The van der Waals surface area contributed by atoms with E-state index in [4.69, 9.17) is 0 Å². The molecule has 0 heterocycles. The van der Waals surface area contributed by atoms with Gasteiger partial charge in [-0.1, -0.05) is 23.8 Å². The van der Waals surface area contributed by atoms with Gasteiger partial charge in [0, 0.05) is 19.2 Å². The maximum Gasteiger partial charge on any atom is 0.253 e. The summed E-state index contributed by atoms with van der Waals surface area (Å²) in [5, 5.41) is 0. The topological polar surface area (TPSA) is 20.3 Å². The first kappa shape index (κ1) is 14.2. The summed E-state index contributed by atoms with van der Waals surface area (Å²) in [7, 11) is 1.63. The highest BCUT2D eigenvalue weighted by Gasteiger charge is 2.13. The fourth-order valence-electron chi connectivity index (χ4n) is 1.98. The van der Waals surface area contributed by atoms with Crippen molar-refractivity contribution >= 4 is 5.91 Å². The maximum atomic E-state index is 13.1. The monoisotopic (exact) mass is 275 g/mol. The van der Waals surface area contributed by atoms with Crippen molar-refractivity contribution in [2.24, 2.45) is 0 Å². The van der Waals surface area contributed by atoms with Gasteiger partial charge in [0.15, 0.2) is 11.6 Å². The number of hydrogen-bond acceptors (Lipinski definition) is 1. The van der Waals surface area contributed by atoms with Gasteiger partial charge in [-0.05, 0) is 36.8 Å². The van der Waals surface area contributed by atoms with E-state index in [0.717, 1.165) is 17.7 Å². The van der Waals surface area contributed by atoms with Crippen LogP contribution in [-0.4, -0.2) is 17.9 Å². The standard InChI is InChI=1S/C16H15F2NO/c1-11-4-3-5-13(8-11)16(20)19(2)10-12-6-7-14(17)15(18)9-12/h3-9H,10H2,1-2H3. The fourth-order valence-corrected chi connectivity index (χ4v) is 1.98. The van der Waals surface area contributed by atoms with Gasteiger partial charge in [0.1, 0.15) is 0 Å². The van der Waals surface area contributed by atoms with Gasteiger partial charge >= 0.3 is 0 Å². The van der Waals surface area contributed by atoms with E-state index < -0.39 is 11.6 Å². The molecular weight excluding hydrogens is 260 g/mol. The Balaban J connectivity index is 2.13. The number of halogens is 2. The average Bonchev–Trinajstić information content (AvgIpc) is 2.42. The van der Waals surface area contributed by atoms with Crippen LogP contribution in [0.5, 0.6) is 0 Å². The second-order valence-corrected chi connectivity index (χ2v) is 4.78. The zero-order valence-electron chi connectivity index (χ0n) is 11.4. The van der Waals surface area contributed by atoms with E-state index in [2.05, 4.69) is 0 Å². The maximum absolute atomic E-state index is 13.1. The molecule has 0 fully saturated rings. The lowest BCUT2D eigenvalue weighted by atomic mass is 10.1. The molecular formula is C16H15F2NO. The van der Waals surface area contributed by atoms with Crippen LogP contribution in [0.1, 0.15) is 21.5 Å². The number of amides is 1. The van der Waals surface area contributed by atoms with Crippen molar-refractivity contribution in [1.29, 1.82) is 0 Å². The van der Waals surface area contributed by atoms with Gasteiger partial charge in [0.25, 0.3) is 5.91 Å². The van der Waals surface area contributed by atoms with Crippen LogP contribution in [0, 0.1) is 18.6 Å². The zero-order chi connectivity index (χ0) is 14.7. The predicted octanol–water partition coefficient (Wildman–Crippen LogP) is 3.55. The largest absolute Gasteiger partial charge is 0.337 e. The number of aryl methyl sites for hydroxylation is 1. The summed E-state index contributed by atoms with van der Waals surface area (Å²) < 4.78 is 26.0. The Morgan fingerprint density at radius 2 is 1.85 bits per heavy atom. The quantitative estimate of drug-likeness (QED) is 0.839. The number of nitrogens with zero attached hydrogens (tertiary/aromatic N) is 1. The van der Waals surface area contributed by atoms with E-state index >= 15 is 0 Å². The van der Waals surface area contributed by atoms with Crippen molar-refractivity contribution in [3.8, 4) is 0 Å². The van der Waals surface area contributed by atoms with Crippen LogP contribution in [-0.2, 0) is 6.54 Å². The van der Waals surface area contributed by atoms with Gasteiger partial charge in [0.2, 0.25) is 0 Å². The first-order valence-electron chi connectivity index (χ1n) is 6.23. The first-order valence-corrected chi connectivity index (χ1v) is 6.23. The second kappa shape index (κ2) is 5.82. The third-order valence-corrected chi connectivity index (χ3v) is 3.02. The van der Waals surface area contributed by atoms with Gasteiger partial charge in [-0.15, -0.1) is 0 Å². The van der Waals surface area contributed by atoms with Crippen molar-refractivity contribution in [1.82, 2.24) is 4.90 Å². The Morgan fingerprint density at radius 3 is 2.50 bits per heavy atom. The van der Waals surface area contributed by atoms with Gasteiger partial charge in [-0.25, -0.2) is 8.78 Å². The van der Waals surface area contributed by atoms with Crippen molar-refractivity contribution < 1.29 is 13.6 Å². The molecule has 0 aliphatic carbocycles. The summed E-state index contributed by atoms with van der Waals surface area (Å²) in [4.78, 5) is 13.7. The molecule has 0 atom stereocenters. The molecule has 0 aromatic heterocycles. The smallest absolute Gasteiger partial charge is 0.253 e. The lowest BCUT2D eigenvalue weighted by Crippen LogP contribution is -2.26. The zero-order valence-corrected chi connectivity index (χ0v) is 11.4. The average molecular weight is 275 g/mol. The van der Waals surface area contributed by atoms with E-state index in [-0.39, 0.29) is 12.5 Å². The Bertz CT molecular complexity index is 640. The number of carbonyl (C=O) groups excluding carboxylic acids is 1. The molecule has 0 aliphatic rings. The Labute approximate surface area is 116 Å². The number of rotatable bonds is 3. The Kier molecular flexibility index (Phi) is 4.13. The van der Waals surface area contributed by atoms with Crippen molar-refractivity contribution in [3.63, 3.8) is 0 Å². The van der Waals surface area contributed by atoms with Crippen LogP contribution in [0.3, 0.4) is 0 Å². The summed E-state index contributed by atoms with van der Waals surface area (Å²) in [6.07, 6.45) is 0. The summed E-state index contributed by atoms with van der Waals surface area (Å²) >= 11 is 0. The molecule has 0 saturated carbocycles. The molecule has 2 nitrogen and oxygen atoms in total. The van der Waals surface area contributed by atoms with E-state index in [1.54, 1.807) is 19.2 Å². The minimum absolute atomic E-state index is 0.154. The highest BCUT2D eigenvalue weighted by Crippen LogP contribution is 2.13. The summed E-state index contributed by atoms with van der Waals surface area (Å²) in [6, 6.07) is 10.9. The van der Waals surface area contributed by atoms with Crippen molar-refractivity contribution in [3.05, 3.63) is 70.8 Å². The molecule has 0 bridgehead atoms. The van der Waals surface area contributed by atoms with Crippen LogP contribution >= 0.6 is 0 Å². The van der Waals surface area contributed by atoms with Gasteiger partial charge in [-0.3, -0.25) is 4.79 Å². The number of benzene rings is 2. The predicted molar refractivity (Wildman–Crippen MR) is 73.3 cm³/mol. The fraction of sp³-hybridized carbons (Fsp3) is 0.188. The lowest BCUT2D eigenvalue weighted by molar-refractivity contribution is 0.0785. The second-order valence-electron chi connectivity index (χ2n) is 4.78. The third kappa shape index (κ3) is 3.20. The van der Waals surface area contributed by atoms with Crippen LogP contribution < -0.4 is 0 Å². The molecule has 0 saturated heterocycles. The van der Waals surface area contributed by atoms with Crippen LogP contribution in [0.2, 0.25) is 0 Å². The highest BCUT2D eigenvalue weighted by atomic mass is 19.2. The Hall–Kier alpha value is -2.23. The number of carbonyl (C=O) groups is 1. The molecule has 0 radical (unpaired) electrons. The van der Waals surface area contributed by atoms with E-state index in [1.807, 2.05) is 19.1 Å². The summed E-state index contributed by atoms with van der Waals surface area (Å²) in [6.45, 7) is 2.14. The summed E-state index contributed by atoms with van der Waals surface area (Å²) in [5.41, 5.74) is 2.12. The molecule has 1 amide bonds. The molecule has 2 aromatic rings. The van der Waals surface area contributed by atoms with E-state index in [0.29, 0.717) is 11.1 Å².